The first-order valence-electron chi connectivity index (χ1n) is 7.32. The van der Waals surface area contributed by atoms with Gasteiger partial charge in [-0.05, 0) is 69.9 Å². The van der Waals surface area contributed by atoms with Crippen molar-refractivity contribution in [1.29, 1.82) is 0 Å². The van der Waals surface area contributed by atoms with E-state index >= 15 is 0 Å². The van der Waals surface area contributed by atoms with Crippen LogP contribution in [0.25, 0.3) is 0 Å². The molecule has 19 heavy (non-hydrogen) atoms. The molecule has 1 aromatic carbocycles. The number of hydrogen-bond donors (Lipinski definition) is 1. The third kappa shape index (κ3) is 4.59. The average molecular weight is 264 g/mol. The first kappa shape index (κ1) is 14.5. The lowest BCUT2D eigenvalue weighted by molar-refractivity contribution is 0.316. The lowest BCUT2D eigenvalue weighted by Crippen LogP contribution is -2.29. The van der Waals surface area contributed by atoms with Crippen LogP contribution in [0.1, 0.15) is 30.4 Å². The van der Waals surface area contributed by atoms with E-state index in [1.165, 1.54) is 31.4 Å². The molecule has 2 nitrogen and oxygen atoms in total. The van der Waals surface area contributed by atoms with Crippen LogP contribution in [-0.4, -0.2) is 37.6 Å². The quantitative estimate of drug-likeness (QED) is 0.850. The summed E-state index contributed by atoms with van der Waals surface area (Å²) in [7, 11) is 2.17. The number of aryl methyl sites for hydroxylation is 1. The molecule has 0 aromatic heterocycles. The zero-order valence-electron chi connectivity index (χ0n) is 12.1. The number of hydrogen-bond acceptors (Lipinski definition) is 2. The lowest BCUT2D eigenvalue weighted by Gasteiger charge is -2.19. The summed E-state index contributed by atoms with van der Waals surface area (Å²) in [6, 6.07) is 6.15. The highest BCUT2D eigenvalue weighted by Crippen LogP contribution is 2.11. The van der Waals surface area contributed by atoms with Crippen molar-refractivity contribution in [2.24, 2.45) is 0 Å². The van der Waals surface area contributed by atoms with Crippen molar-refractivity contribution in [2.75, 3.05) is 26.7 Å². The van der Waals surface area contributed by atoms with Gasteiger partial charge >= 0.3 is 0 Å². The van der Waals surface area contributed by atoms with Crippen LogP contribution in [0.4, 0.5) is 4.39 Å². The highest BCUT2D eigenvalue weighted by molar-refractivity contribution is 5.24. The summed E-state index contributed by atoms with van der Waals surface area (Å²) >= 11 is 0. The molecule has 0 saturated carbocycles. The van der Waals surface area contributed by atoms with Crippen LogP contribution in [0.15, 0.2) is 18.2 Å². The summed E-state index contributed by atoms with van der Waals surface area (Å²) in [4.78, 5) is 2.37. The van der Waals surface area contributed by atoms with Crippen LogP contribution >= 0.6 is 0 Å². The third-order valence-electron chi connectivity index (χ3n) is 4.03. The predicted octanol–water partition coefficient (Wildman–Crippen LogP) is 2.75. The average Bonchev–Trinajstić information content (AvgIpc) is 2.91. The van der Waals surface area contributed by atoms with Crippen LogP contribution in [0.2, 0.25) is 0 Å². The van der Waals surface area contributed by atoms with Crippen molar-refractivity contribution < 1.29 is 4.39 Å². The normalized spacial score (nSPS) is 19.3. The molecule has 1 saturated heterocycles. The van der Waals surface area contributed by atoms with Gasteiger partial charge in [0.2, 0.25) is 0 Å². The van der Waals surface area contributed by atoms with Crippen LogP contribution < -0.4 is 5.32 Å². The smallest absolute Gasteiger partial charge is 0.126 e. The summed E-state index contributed by atoms with van der Waals surface area (Å²) in [5.41, 5.74) is 1.97. The number of likely N-dealkylation sites (N-methyl/N-ethyl adjacent to an activating group) is 1. The van der Waals surface area contributed by atoms with Gasteiger partial charge in [0.15, 0.2) is 0 Å². The van der Waals surface area contributed by atoms with Crippen molar-refractivity contribution in [3.63, 3.8) is 0 Å². The molecular weight excluding hydrogens is 239 g/mol. The third-order valence-corrected chi connectivity index (χ3v) is 4.03. The lowest BCUT2D eigenvalue weighted by atomic mass is 10.1. The Balaban J connectivity index is 1.70. The van der Waals surface area contributed by atoms with Gasteiger partial charge in [-0.15, -0.1) is 0 Å². The van der Waals surface area contributed by atoms with E-state index in [2.05, 4.69) is 17.3 Å². The second kappa shape index (κ2) is 7.01. The molecule has 3 heteroatoms. The minimum Gasteiger partial charge on any atom is -0.314 e. The molecule has 0 aliphatic carbocycles. The Hall–Kier alpha value is -0.930. The monoisotopic (exact) mass is 264 g/mol. The molecule has 1 N–H and O–H groups in total. The van der Waals surface area contributed by atoms with E-state index in [0.717, 1.165) is 31.1 Å². The molecule has 1 unspecified atom stereocenters. The van der Waals surface area contributed by atoms with Gasteiger partial charge in [-0.2, -0.15) is 0 Å². The van der Waals surface area contributed by atoms with E-state index < -0.39 is 0 Å². The molecule has 0 spiro atoms. The number of benzene rings is 1. The zero-order valence-corrected chi connectivity index (χ0v) is 12.1. The molecule has 2 rings (SSSR count). The van der Waals surface area contributed by atoms with Crippen molar-refractivity contribution in [3.8, 4) is 0 Å². The standard InChI is InChI=1S/C16H25FN2/c1-13-12-14(5-6-16(13)17)7-10-19(2)11-8-15-4-3-9-18-15/h5-6,12,15,18H,3-4,7-11H2,1-2H3. The van der Waals surface area contributed by atoms with Gasteiger partial charge < -0.3 is 10.2 Å². The number of halogens is 1. The fourth-order valence-corrected chi connectivity index (χ4v) is 2.67. The Morgan fingerprint density at radius 3 is 2.89 bits per heavy atom. The Bertz CT molecular complexity index is 400. The zero-order chi connectivity index (χ0) is 13.7. The van der Waals surface area contributed by atoms with Crippen molar-refractivity contribution in [3.05, 3.63) is 35.1 Å². The molecule has 1 aromatic rings. The van der Waals surface area contributed by atoms with E-state index in [9.17, 15) is 4.39 Å². The number of nitrogens with one attached hydrogen (secondary N) is 1. The van der Waals surface area contributed by atoms with Crippen LogP contribution in [0.5, 0.6) is 0 Å². The van der Waals surface area contributed by atoms with Crippen LogP contribution in [0, 0.1) is 12.7 Å². The van der Waals surface area contributed by atoms with E-state index in [1.807, 2.05) is 19.1 Å². The molecular formula is C16H25FN2. The van der Waals surface area contributed by atoms with Crippen LogP contribution in [0.3, 0.4) is 0 Å². The minimum atomic E-state index is -0.107. The minimum absolute atomic E-state index is 0.107. The maximum Gasteiger partial charge on any atom is 0.126 e. The molecule has 1 heterocycles. The Morgan fingerprint density at radius 2 is 2.21 bits per heavy atom. The molecule has 0 bridgehead atoms. The molecule has 1 aliphatic rings. The summed E-state index contributed by atoms with van der Waals surface area (Å²) < 4.78 is 13.2. The highest BCUT2D eigenvalue weighted by atomic mass is 19.1. The van der Waals surface area contributed by atoms with Gasteiger partial charge in [0.05, 0.1) is 0 Å². The molecule has 0 radical (unpaired) electrons. The highest BCUT2D eigenvalue weighted by Gasteiger charge is 2.14. The van der Waals surface area contributed by atoms with E-state index in [0.29, 0.717) is 0 Å². The van der Waals surface area contributed by atoms with Crippen LogP contribution in [-0.2, 0) is 6.42 Å². The van der Waals surface area contributed by atoms with E-state index in [4.69, 9.17) is 0 Å². The predicted molar refractivity (Wildman–Crippen MR) is 78.0 cm³/mol. The topological polar surface area (TPSA) is 15.3 Å². The van der Waals surface area contributed by atoms with Gasteiger partial charge in [-0.3, -0.25) is 0 Å². The SMILES string of the molecule is Cc1cc(CCN(C)CCC2CCCN2)ccc1F. The van der Waals surface area contributed by atoms with Gasteiger partial charge in [0, 0.05) is 12.6 Å². The van der Waals surface area contributed by atoms with Gasteiger partial charge in [-0.1, -0.05) is 12.1 Å². The van der Waals surface area contributed by atoms with Gasteiger partial charge in [0.25, 0.3) is 0 Å². The molecule has 1 aliphatic heterocycles. The fourth-order valence-electron chi connectivity index (χ4n) is 2.67. The number of nitrogens with zero attached hydrogens (tertiary/aromatic N) is 1. The Morgan fingerprint density at radius 1 is 1.37 bits per heavy atom. The molecule has 0 amide bonds. The van der Waals surface area contributed by atoms with Gasteiger partial charge in [-0.25, -0.2) is 4.39 Å². The van der Waals surface area contributed by atoms with Crippen molar-refractivity contribution >= 4 is 0 Å². The second-order valence-electron chi connectivity index (χ2n) is 5.72. The summed E-state index contributed by atoms with van der Waals surface area (Å²) in [5, 5.41) is 3.53. The summed E-state index contributed by atoms with van der Waals surface area (Å²) in [6.07, 6.45) is 4.88. The summed E-state index contributed by atoms with van der Waals surface area (Å²) in [6.45, 7) is 5.19. The maximum absolute atomic E-state index is 13.2. The van der Waals surface area contributed by atoms with Crippen molar-refractivity contribution in [2.45, 2.75) is 38.6 Å². The maximum atomic E-state index is 13.2. The number of rotatable bonds is 6. The van der Waals surface area contributed by atoms with Gasteiger partial charge in [0.1, 0.15) is 5.82 Å². The summed E-state index contributed by atoms with van der Waals surface area (Å²) in [5.74, 6) is -0.107. The molecule has 1 atom stereocenters. The van der Waals surface area contributed by atoms with E-state index in [-0.39, 0.29) is 5.82 Å². The molecule has 106 valence electrons. The first-order valence-corrected chi connectivity index (χ1v) is 7.32. The first-order chi connectivity index (χ1) is 9.15. The second-order valence-corrected chi connectivity index (χ2v) is 5.72. The van der Waals surface area contributed by atoms with E-state index in [1.54, 1.807) is 6.07 Å². The molecule has 1 fully saturated rings. The largest absolute Gasteiger partial charge is 0.314 e. The Labute approximate surface area is 116 Å². The Kier molecular flexibility index (Phi) is 5.34. The fraction of sp³-hybridized carbons (Fsp3) is 0.625. The van der Waals surface area contributed by atoms with Crippen molar-refractivity contribution in [1.82, 2.24) is 10.2 Å².